The minimum atomic E-state index is -0.109. The van der Waals surface area contributed by atoms with Crippen LogP contribution in [0.25, 0.3) is 0 Å². The summed E-state index contributed by atoms with van der Waals surface area (Å²) < 4.78 is 5.42. The van der Waals surface area contributed by atoms with Crippen molar-refractivity contribution in [3.05, 3.63) is 59.2 Å². The predicted molar refractivity (Wildman–Crippen MR) is 81.5 cm³/mol. The van der Waals surface area contributed by atoms with Crippen LogP contribution in [0.1, 0.15) is 28.4 Å². The number of aryl methyl sites for hydroxylation is 2. The minimum Gasteiger partial charge on any atom is -0.494 e. The molecule has 0 heterocycles. The number of carbonyl (C=O) groups is 1. The molecular weight excluding hydrogens is 250 g/mol. The van der Waals surface area contributed by atoms with Crippen LogP contribution in [0.4, 0.5) is 5.69 Å². The highest BCUT2D eigenvalue weighted by Crippen LogP contribution is 2.18. The normalized spacial score (nSPS) is 10.2. The Bertz CT molecular complexity index is 620. The van der Waals surface area contributed by atoms with Crippen LogP contribution >= 0.6 is 0 Å². The molecule has 2 rings (SSSR count). The van der Waals surface area contributed by atoms with Gasteiger partial charge in [0.1, 0.15) is 5.75 Å². The first-order valence-electron chi connectivity index (χ1n) is 6.71. The second kappa shape index (κ2) is 6.24. The Morgan fingerprint density at radius 3 is 2.60 bits per heavy atom. The molecule has 0 aliphatic rings. The van der Waals surface area contributed by atoms with Crippen LogP contribution in [-0.4, -0.2) is 12.5 Å². The molecule has 0 saturated carbocycles. The first-order valence-corrected chi connectivity index (χ1v) is 6.71. The SMILES string of the molecule is CCOc1cccc(NC(=O)c2ccc(C)c(C)c2)c1. The van der Waals surface area contributed by atoms with E-state index >= 15 is 0 Å². The van der Waals surface area contributed by atoms with Crippen molar-refractivity contribution in [1.82, 2.24) is 0 Å². The standard InChI is InChI=1S/C17H19NO2/c1-4-20-16-7-5-6-15(11-16)18-17(19)14-9-8-12(2)13(3)10-14/h5-11H,4H2,1-3H3,(H,18,19). The van der Waals surface area contributed by atoms with Crippen molar-refractivity contribution >= 4 is 11.6 Å². The van der Waals surface area contributed by atoms with Gasteiger partial charge in [0, 0.05) is 17.3 Å². The van der Waals surface area contributed by atoms with Crippen LogP contribution < -0.4 is 10.1 Å². The molecule has 0 unspecified atom stereocenters. The smallest absolute Gasteiger partial charge is 0.255 e. The molecule has 20 heavy (non-hydrogen) atoms. The van der Waals surface area contributed by atoms with Gasteiger partial charge in [-0.1, -0.05) is 12.1 Å². The summed E-state index contributed by atoms with van der Waals surface area (Å²) in [5.74, 6) is 0.645. The molecule has 0 aliphatic carbocycles. The predicted octanol–water partition coefficient (Wildman–Crippen LogP) is 3.95. The second-order valence-electron chi connectivity index (χ2n) is 4.71. The molecule has 1 N–H and O–H groups in total. The summed E-state index contributed by atoms with van der Waals surface area (Å²) >= 11 is 0. The fourth-order valence-corrected chi connectivity index (χ4v) is 1.92. The van der Waals surface area contributed by atoms with E-state index in [1.165, 1.54) is 5.56 Å². The number of hydrogen-bond acceptors (Lipinski definition) is 2. The maximum absolute atomic E-state index is 12.2. The first-order chi connectivity index (χ1) is 9.60. The highest BCUT2D eigenvalue weighted by Gasteiger charge is 2.07. The molecule has 0 atom stereocenters. The van der Waals surface area contributed by atoms with Crippen molar-refractivity contribution < 1.29 is 9.53 Å². The Labute approximate surface area is 119 Å². The third-order valence-corrected chi connectivity index (χ3v) is 3.17. The van der Waals surface area contributed by atoms with E-state index in [2.05, 4.69) is 5.32 Å². The molecule has 0 bridgehead atoms. The maximum atomic E-state index is 12.2. The number of hydrogen-bond donors (Lipinski definition) is 1. The Hall–Kier alpha value is -2.29. The fourth-order valence-electron chi connectivity index (χ4n) is 1.92. The van der Waals surface area contributed by atoms with Gasteiger partial charge < -0.3 is 10.1 Å². The van der Waals surface area contributed by atoms with Crippen molar-refractivity contribution in [1.29, 1.82) is 0 Å². The second-order valence-corrected chi connectivity index (χ2v) is 4.71. The molecule has 0 fully saturated rings. The van der Waals surface area contributed by atoms with E-state index in [1.54, 1.807) is 0 Å². The Morgan fingerprint density at radius 2 is 1.90 bits per heavy atom. The van der Waals surface area contributed by atoms with Crippen LogP contribution in [0, 0.1) is 13.8 Å². The number of anilines is 1. The van der Waals surface area contributed by atoms with Gasteiger partial charge >= 0.3 is 0 Å². The number of amides is 1. The van der Waals surface area contributed by atoms with Crippen molar-refractivity contribution in [2.75, 3.05) is 11.9 Å². The molecule has 1 amide bonds. The quantitative estimate of drug-likeness (QED) is 0.912. The first kappa shape index (κ1) is 14.1. The van der Waals surface area contributed by atoms with Crippen molar-refractivity contribution in [2.45, 2.75) is 20.8 Å². The summed E-state index contributed by atoms with van der Waals surface area (Å²) in [6, 6.07) is 13.1. The van der Waals surface area contributed by atoms with E-state index in [4.69, 9.17) is 4.74 Å². The summed E-state index contributed by atoms with van der Waals surface area (Å²) in [7, 11) is 0. The Kier molecular flexibility index (Phi) is 4.41. The van der Waals surface area contributed by atoms with Crippen LogP contribution in [0.3, 0.4) is 0 Å². The third-order valence-electron chi connectivity index (χ3n) is 3.17. The lowest BCUT2D eigenvalue weighted by Gasteiger charge is -2.09. The monoisotopic (exact) mass is 269 g/mol. The zero-order chi connectivity index (χ0) is 14.5. The van der Waals surface area contributed by atoms with Crippen molar-refractivity contribution in [3.63, 3.8) is 0 Å². The van der Waals surface area contributed by atoms with Gasteiger partial charge in [-0.05, 0) is 56.2 Å². The molecule has 2 aromatic rings. The molecule has 3 heteroatoms. The van der Waals surface area contributed by atoms with Crippen LogP contribution in [0.5, 0.6) is 5.75 Å². The van der Waals surface area contributed by atoms with Crippen LogP contribution in [-0.2, 0) is 0 Å². The van der Waals surface area contributed by atoms with E-state index in [0.717, 1.165) is 17.0 Å². The zero-order valence-corrected chi connectivity index (χ0v) is 12.1. The summed E-state index contributed by atoms with van der Waals surface area (Å²) in [6.45, 7) is 6.57. The fraction of sp³-hybridized carbons (Fsp3) is 0.235. The van der Waals surface area contributed by atoms with E-state index in [0.29, 0.717) is 12.2 Å². The van der Waals surface area contributed by atoms with Crippen LogP contribution in [0.15, 0.2) is 42.5 Å². The highest BCUT2D eigenvalue weighted by atomic mass is 16.5. The highest BCUT2D eigenvalue weighted by molar-refractivity contribution is 6.04. The molecule has 0 saturated heterocycles. The lowest BCUT2D eigenvalue weighted by Crippen LogP contribution is -2.12. The molecular formula is C17H19NO2. The van der Waals surface area contributed by atoms with Gasteiger partial charge in [-0.15, -0.1) is 0 Å². The van der Waals surface area contributed by atoms with Gasteiger partial charge in [0.2, 0.25) is 0 Å². The molecule has 2 aromatic carbocycles. The van der Waals surface area contributed by atoms with Crippen molar-refractivity contribution in [2.24, 2.45) is 0 Å². The average molecular weight is 269 g/mol. The maximum Gasteiger partial charge on any atom is 0.255 e. The zero-order valence-electron chi connectivity index (χ0n) is 12.1. The van der Waals surface area contributed by atoms with E-state index in [9.17, 15) is 4.79 Å². The molecule has 3 nitrogen and oxygen atoms in total. The molecule has 0 aromatic heterocycles. The Balaban J connectivity index is 2.14. The van der Waals surface area contributed by atoms with Gasteiger partial charge in [0.25, 0.3) is 5.91 Å². The van der Waals surface area contributed by atoms with Gasteiger partial charge in [-0.25, -0.2) is 0 Å². The molecule has 0 aliphatic heterocycles. The van der Waals surface area contributed by atoms with Gasteiger partial charge in [0.15, 0.2) is 0 Å². The summed E-state index contributed by atoms with van der Waals surface area (Å²) in [5, 5.41) is 2.88. The van der Waals surface area contributed by atoms with Crippen LogP contribution in [0.2, 0.25) is 0 Å². The lowest BCUT2D eigenvalue weighted by atomic mass is 10.1. The van der Waals surface area contributed by atoms with E-state index in [1.807, 2.05) is 63.2 Å². The summed E-state index contributed by atoms with van der Waals surface area (Å²) in [4.78, 5) is 12.2. The molecule has 0 spiro atoms. The number of rotatable bonds is 4. The number of nitrogens with one attached hydrogen (secondary N) is 1. The Morgan fingerprint density at radius 1 is 1.10 bits per heavy atom. The van der Waals surface area contributed by atoms with Gasteiger partial charge in [0.05, 0.1) is 6.61 Å². The van der Waals surface area contributed by atoms with Gasteiger partial charge in [-0.2, -0.15) is 0 Å². The minimum absolute atomic E-state index is 0.109. The largest absolute Gasteiger partial charge is 0.494 e. The molecule has 0 radical (unpaired) electrons. The average Bonchev–Trinajstić information content (AvgIpc) is 2.42. The summed E-state index contributed by atoms with van der Waals surface area (Å²) in [5.41, 5.74) is 3.69. The summed E-state index contributed by atoms with van der Waals surface area (Å²) in [6.07, 6.45) is 0. The number of benzene rings is 2. The van der Waals surface area contributed by atoms with E-state index < -0.39 is 0 Å². The number of ether oxygens (including phenoxy) is 1. The van der Waals surface area contributed by atoms with E-state index in [-0.39, 0.29) is 5.91 Å². The number of carbonyl (C=O) groups excluding carboxylic acids is 1. The van der Waals surface area contributed by atoms with Crippen molar-refractivity contribution in [3.8, 4) is 5.75 Å². The van der Waals surface area contributed by atoms with Gasteiger partial charge in [-0.3, -0.25) is 4.79 Å². The topological polar surface area (TPSA) is 38.3 Å². The molecule has 104 valence electrons. The third kappa shape index (κ3) is 3.38. The lowest BCUT2D eigenvalue weighted by molar-refractivity contribution is 0.102.